The van der Waals surface area contributed by atoms with Crippen molar-refractivity contribution < 1.29 is 0 Å². The number of nitrogens with one attached hydrogen (secondary N) is 1. The molecule has 17 heavy (non-hydrogen) atoms. The highest BCUT2D eigenvalue weighted by Crippen LogP contribution is 2.35. The van der Waals surface area contributed by atoms with Crippen molar-refractivity contribution in [3.8, 4) is 0 Å². The smallest absolute Gasteiger partial charge is 0.135 e. The van der Waals surface area contributed by atoms with E-state index in [1.54, 1.807) is 0 Å². The van der Waals surface area contributed by atoms with Crippen LogP contribution in [0.3, 0.4) is 0 Å². The molecule has 94 valence electrons. The fraction of sp³-hybridized carbons (Fsp3) is 0.846. The second-order valence-electron chi connectivity index (χ2n) is 5.89. The first-order chi connectivity index (χ1) is 8.15. The zero-order valence-electron chi connectivity index (χ0n) is 11.0. The van der Waals surface area contributed by atoms with E-state index in [2.05, 4.69) is 40.9 Å². The minimum Gasteiger partial charge on any atom is -0.312 e. The molecule has 4 nitrogen and oxygen atoms in total. The third kappa shape index (κ3) is 1.88. The molecule has 2 saturated heterocycles. The van der Waals surface area contributed by atoms with E-state index in [9.17, 15) is 0 Å². The molecular weight excluding hydrogens is 212 g/mol. The lowest BCUT2D eigenvalue weighted by atomic mass is 9.98. The van der Waals surface area contributed by atoms with Gasteiger partial charge in [-0.25, -0.2) is 0 Å². The van der Waals surface area contributed by atoms with Crippen molar-refractivity contribution >= 4 is 0 Å². The summed E-state index contributed by atoms with van der Waals surface area (Å²) < 4.78 is 2.40. The summed E-state index contributed by atoms with van der Waals surface area (Å²) in [5, 5.41) is 12.3. The van der Waals surface area contributed by atoms with Crippen molar-refractivity contribution in [3.05, 3.63) is 11.6 Å². The van der Waals surface area contributed by atoms with E-state index in [1.807, 2.05) is 0 Å². The first-order valence-corrected chi connectivity index (χ1v) is 6.82. The van der Waals surface area contributed by atoms with Crippen LogP contribution in [0.4, 0.5) is 0 Å². The van der Waals surface area contributed by atoms with Crippen LogP contribution in [0.2, 0.25) is 0 Å². The first kappa shape index (κ1) is 11.2. The molecule has 3 rings (SSSR count). The zero-order chi connectivity index (χ0) is 12.0. The highest BCUT2D eigenvalue weighted by molar-refractivity contribution is 5.05. The van der Waals surface area contributed by atoms with Gasteiger partial charge in [-0.1, -0.05) is 13.8 Å². The van der Waals surface area contributed by atoms with Crippen LogP contribution in [0.25, 0.3) is 0 Å². The van der Waals surface area contributed by atoms with Gasteiger partial charge in [-0.2, -0.15) is 0 Å². The van der Waals surface area contributed by atoms with E-state index in [4.69, 9.17) is 0 Å². The Kier molecular flexibility index (Phi) is 2.69. The molecule has 2 bridgehead atoms. The van der Waals surface area contributed by atoms with Gasteiger partial charge in [0.05, 0.1) is 0 Å². The predicted octanol–water partition coefficient (Wildman–Crippen LogP) is 2.17. The first-order valence-electron chi connectivity index (χ1n) is 6.82. The van der Waals surface area contributed by atoms with Crippen LogP contribution < -0.4 is 5.32 Å². The van der Waals surface area contributed by atoms with Gasteiger partial charge in [0.25, 0.3) is 0 Å². The normalized spacial score (nSPS) is 32.4. The molecule has 0 amide bonds. The van der Waals surface area contributed by atoms with Crippen molar-refractivity contribution in [2.24, 2.45) is 0 Å². The maximum absolute atomic E-state index is 4.35. The van der Waals surface area contributed by atoms with Crippen molar-refractivity contribution in [1.29, 1.82) is 0 Å². The Balaban J connectivity index is 1.91. The third-order valence-electron chi connectivity index (χ3n) is 4.22. The number of piperidine rings is 1. The van der Waals surface area contributed by atoms with Gasteiger partial charge in [0.2, 0.25) is 0 Å². The molecule has 0 aliphatic carbocycles. The molecular formula is C13H22N4. The second-order valence-corrected chi connectivity index (χ2v) is 5.89. The fourth-order valence-electron chi connectivity index (χ4n) is 3.47. The minimum atomic E-state index is 0.462. The van der Waals surface area contributed by atoms with Crippen molar-refractivity contribution in [2.45, 2.75) is 70.5 Å². The number of rotatable bonds is 2. The summed E-state index contributed by atoms with van der Waals surface area (Å²) in [6.07, 6.45) is 5.18. The largest absolute Gasteiger partial charge is 0.312 e. The van der Waals surface area contributed by atoms with Crippen LogP contribution in [-0.2, 0) is 0 Å². The van der Waals surface area contributed by atoms with Gasteiger partial charge in [-0.3, -0.25) is 0 Å². The van der Waals surface area contributed by atoms with E-state index in [-0.39, 0.29) is 0 Å². The van der Waals surface area contributed by atoms with Crippen LogP contribution in [0.15, 0.2) is 0 Å². The molecule has 0 spiro atoms. The van der Waals surface area contributed by atoms with Crippen LogP contribution in [0.1, 0.15) is 63.1 Å². The predicted molar refractivity (Wildman–Crippen MR) is 67.1 cm³/mol. The Morgan fingerprint density at radius 1 is 1.18 bits per heavy atom. The maximum Gasteiger partial charge on any atom is 0.135 e. The number of aromatic nitrogens is 3. The summed E-state index contributed by atoms with van der Waals surface area (Å²) in [7, 11) is 0. The van der Waals surface area contributed by atoms with Gasteiger partial charge >= 0.3 is 0 Å². The molecule has 1 N–H and O–H groups in total. The molecule has 2 aliphatic rings. The van der Waals surface area contributed by atoms with E-state index in [0.29, 0.717) is 12.0 Å². The summed E-state index contributed by atoms with van der Waals surface area (Å²) >= 11 is 0. The summed E-state index contributed by atoms with van der Waals surface area (Å²) in [6.45, 7) is 6.49. The van der Waals surface area contributed by atoms with Crippen molar-refractivity contribution in [1.82, 2.24) is 20.1 Å². The van der Waals surface area contributed by atoms with Crippen LogP contribution in [0.5, 0.6) is 0 Å². The molecule has 1 aromatic heterocycles. The molecule has 0 saturated carbocycles. The Morgan fingerprint density at radius 2 is 1.82 bits per heavy atom. The van der Waals surface area contributed by atoms with Crippen LogP contribution in [-0.4, -0.2) is 26.8 Å². The van der Waals surface area contributed by atoms with Gasteiger partial charge in [-0.15, -0.1) is 10.2 Å². The summed E-state index contributed by atoms with van der Waals surface area (Å²) in [5.41, 5.74) is 0. The number of fused-ring (bicyclic) bond motifs is 2. The molecule has 2 atom stereocenters. The van der Waals surface area contributed by atoms with Gasteiger partial charge in [0.15, 0.2) is 0 Å². The van der Waals surface area contributed by atoms with Gasteiger partial charge < -0.3 is 9.88 Å². The Labute approximate surface area is 103 Å². The Morgan fingerprint density at radius 3 is 2.41 bits per heavy atom. The molecule has 2 unspecified atom stereocenters. The SMILES string of the molecule is Cc1nnc(C(C)C)n1C1CC2CCC(C1)N2. The number of hydrogen-bond donors (Lipinski definition) is 1. The van der Waals surface area contributed by atoms with Crippen molar-refractivity contribution in [2.75, 3.05) is 0 Å². The lowest BCUT2D eigenvalue weighted by molar-refractivity contribution is 0.288. The second kappa shape index (κ2) is 4.09. The molecule has 1 aromatic rings. The lowest BCUT2D eigenvalue weighted by Crippen LogP contribution is -2.39. The van der Waals surface area contributed by atoms with Crippen LogP contribution >= 0.6 is 0 Å². The number of nitrogens with zero attached hydrogens (tertiary/aromatic N) is 3. The van der Waals surface area contributed by atoms with E-state index in [1.165, 1.54) is 25.7 Å². The monoisotopic (exact) mass is 234 g/mol. The van der Waals surface area contributed by atoms with E-state index in [0.717, 1.165) is 23.7 Å². The van der Waals surface area contributed by atoms with Gasteiger partial charge in [0, 0.05) is 24.0 Å². The molecule has 3 heterocycles. The summed E-state index contributed by atoms with van der Waals surface area (Å²) in [6, 6.07) is 2.06. The van der Waals surface area contributed by atoms with Crippen molar-refractivity contribution in [3.63, 3.8) is 0 Å². The van der Waals surface area contributed by atoms with Gasteiger partial charge in [-0.05, 0) is 32.6 Å². The lowest BCUT2D eigenvalue weighted by Gasteiger charge is -2.31. The zero-order valence-corrected chi connectivity index (χ0v) is 11.0. The average molecular weight is 234 g/mol. The molecule has 2 aliphatic heterocycles. The minimum absolute atomic E-state index is 0.462. The topological polar surface area (TPSA) is 42.7 Å². The average Bonchev–Trinajstić information content (AvgIpc) is 2.82. The number of aryl methyl sites for hydroxylation is 1. The van der Waals surface area contributed by atoms with E-state index >= 15 is 0 Å². The quantitative estimate of drug-likeness (QED) is 0.852. The highest BCUT2D eigenvalue weighted by Gasteiger charge is 2.35. The standard InChI is InChI=1S/C13H22N4/c1-8(2)13-16-15-9(3)17(13)12-6-10-4-5-11(7-12)14-10/h8,10-12,14H,4-7H2,1-3H3. The summed E-state index contributed by atoms with van der Waals surface area (Å²) in [5.74, 6) is 2.71. The summed E-state index contributed by atoms with van der Waals surface area (Å²) in [4.78, 5) is 0. The van der Waals surface area contributed by atoms with Gasteiger partial charge in [0.1, 0.15) is 11.6 Å². The highest BCUT2D eigenvalue weighted by atomic mass is 15.3. The molecule has 0 radical (unpaired) electrons. The molecule has 2 fully saturated rings. The number of hydrogen-bond acceptors (Lipinski definition) is 3. The maximum atomic E-state index is 4.35. The fourth-order valence-corrected chi connectivity index (χ4v) is 3.47. The Hall–Kier alpha value is -0.900. The molecule has 4 heteroatoms. The van der Waals surface area contributed by atoms with E-state index < -0.39 is 0 Å². The molecule has 0 aromatic carbocycles. The third-order valence-corrected chi connectivity index (χ3v) is 4.22. The Bertz CT molecular complexity index is 398. The van der Waals surface area contributed by atoms with Crippen LogP contribution in [0, 0.1) is 6.92 Å².